The third-order valence-electron chi connectivity index (χ3n) is 4.97. The number of anilines is 1. The predicted octanol–water partition coefficient (Wildman–Crippen LogP) is 6.56. The van der Waals surface area contributed by atoms with E-state index in [0.717, 1.165) is 29.4 Å². The molecule has 2 aromatic carbocycles. The lowest BCUT2D eigenvalue weighted by Crippen LogP contribution is -2.44. The normalized spacial score (nSPS) is 12.2. The van der Waals surface area contributed by atoms with Gasteiger partial charge in [0.1, 0.15) is 23.1 Å². The van der Waals surface area contributed by atoms with Crippen LogP contribution < -0.4 is 15.0 Å². The molecule has 35 heavy (non-hydrogen) atoms. The molecule has 1 N–H and O–H groups in total. The van der Waals surface area contributed by atoms with Gasteiger partial charge in [0.05, 0.1) is 0 Å². The van der Waals surface area contributed by atoms with Crippen LogP contribution >= 0.6 is 31.9 Å². The van der Waals surface area contributed by atoms with Crippen molar-refractivity contribution in [3.63, 3.8) is 0 Å². The molecule has 8 heteroatoms. The van der Waals surface area contributed by atoms with Crippen LogP contribution in [0.2, 0.25) is 0 Å². The van der Waals surface area contributed by atoms with E-state index in [9.17, 15) is 9.59 Å². The average Bonchev–Trinajstić information content (AvgIpc) is 2.78. The van der Waals surface area contributed by atoms with Crippen LogP contribution in [-0.4, -0.2) is 47.3 Å². The van der Waals surface area contributed by atoms with Crippen molar-refractivity contribution >= 4 is 49.4 Å². The maximum Gasteiger partial charge on any atom is 0.329 e. The third kappa shape index (κ3) is 10.2. The van der Waals surface area contributed by atoms with Gasteiger partial charge in [-0.3, -0.25) is 4.79 Å². The number of carbonyl (C=O) groups is 2. The molecule has 6 nitrogen and oxygen atoms in total. The highest BCUT2D eigenvalue weighted by Gasteiger charge is 2.27. The Hall–Kier alpha value is -2.06. The van der Waals surface area contributed by atoms with Crippen LogP contribution in [0.1, 0.15) is 51.4 Å². The van der Waals surface area contributed by atoms with Gasteiger partial charge in [-0.2, -0.15) is 0 Å². The number of carbonyl (C=O) groups excluding carboxylic acids is 2. The van der Waals surface area contributed by atoms with Crippen molar-refractivity contribution < 1.29 is 19.1 Å². The van der Waals surface area contributed by atoms with Crippen molar-refractivity contribution in [1.82, 2.24) is 5.32 Å². The topological polar surface area (TPSA) is 67.9 Å². The molecule has 0 aromatic heterocycles. The zero-order valence-electron chi connectivity index (χ0n) is 21.1. The Labute approximate surface area is 226 Å². The van der Waals surface area contributed by atoms with Crippen LogP contribution in [-0.2, 0) is 9.53 Å². The summed E-state index contributed by atoms with van der Waals surface area (Å²) in [5.41, 5.74) is 0.961. The number of alkyl halides is 2. The van der Waals surface area contributed by atoms with E-state index in [2.05, 4.69) is 42.1 Å². The number of halogens is 2. The van der Waals surface area contributed by atoms with Gasteiger partial charge in [-0.25, -0.2) is 4.79 Å². The number of benzene rings is 2. The van der Waals surface area contributed by atoms with E-state index in [0.29, 0.717) is 23.5 Å². The molecule has 1 atom stereocenters. The largest absolute Gasteiger partial charge is 0.458 e. The van der Waals surface area contributed by atoms with E-state index in [1.807, 2.05) is 58.9 Å². The molecule has 0 radical (unpaired) electrons. The molecule has 2 rings (SSSR count). The van der Waals surface area contributed by atoms with Crippen molar-refractivity contribution in [1.29, 1.82) is 0 Å². The molecule has 0 fully saturated rings. The first kappa shape index (κ1) is 29.2. The highest BCUT2D eigenvalue weighted by Crippen LogP contribution is 2.25. The fraction of sp³-hybridized carbons (Fsp3) is 0.481. The zero-order valence-corrected chi connectivity index (χ0v) is 24.3. The molecule has 1 amide bonds. The van der Waals surface area contributed by atoms with E-state index in [1.54, 1.807) is 24.3 Å². The van der Waals surface area contributed by atoms with Crippen LogP contribution in [0, 0.1) is 5.92 Å². The molecular formula is C27H36Br2N2O4. The van der Waals surface area contributed by atoms with Gasteiger partial charge < -0.3 is 19.7 Å². The van der Waals surface area contributed by atoms with Gasteiger partial charge >= 0.3 is 5.97 Å². The quantitative estimate of drug-likeness (QED) is 0.217. The van der Waals surface area contributed by atoms with Crippen molar-refractivity contribution in [2.75, 3.05) is 28.6 Å². The van der Waals surface area contributed by atoms with Crippen molar-refractivity contribution in [2.24, 2.45) is 5.92 Å². The third-order valence-corrected chi connectivity index (χ3v) is 5.68. The molecule has 0 saturated heterocycles. The Morgan fingerprint density at radius 2 is 1.43 bits per heavy atom. The summed E-state index contributed by atoms with van der Waals surface area (Å²) in [6, 6.07) is 14.1. The minimum absolute atomic E-state index is 0.223. The van der Waals surface area contributed by atoms with Crippen LogP contribution in [0.3, 0.4) is 0 Å². The summed E-state index contributed by atoms with van der Waals surface area (Å²) in [4.78, 5) is 27.7. The number of nitrogens with one attached hydrogen (secondary N) is 1. The van der Waals surface area contributed by atoms with Crippen LogP contribution in [0.4, 0.5) is 5.69 Å². The summed E-state index contributed by atoms with van der Waals surface area (Å²) in [5, 5.41) is 4.62. The van der Waals surface area contributed by atoms with Gasteiger partial charge in [-0.15, -0.1) is 0 Å². The number of nitrogens with zero attached hydrogens (tertiary/aromatic N) is 1. The Bertz CT molecular complexity index is 935. The molecule has 0 unspecified atom stereocenters. The van der Waals surface area contributed by atoms with E-state index in [1.165, 1.54) is 0 Å². The second kappa shape index (κ2) is 13.9. The van der Waals surface area contributed by atoms with Gasteiger partial charge in [-0.05, 0) is 81.6 Å². The summed E-state index contributed by atoms with van der Waals surface area (Å²) in [7, 11) is 0. The monoisotopic (exact) mass is 610 g/mol. The Morgan fingerprint density at radius 3 is 1.89 bits per heavy atom. The first-order chi connectivity index (χ1) is 16.5. The molecule has 2 aromatic rings. The van der Waals surface area contributed by atoms with Gasteiger partial charge in [0, 0.05) is 35.0 Å². The van der Waals surface area contributed by atoms with E-state index in [-0.39, 0.29) is 11.8 Å². The number of amides is 1. The minimum atomic E-state index is -0.704. The fourth-order valence-corrected chi connectivity index (χ4v) is 4.27. The molecular weight excluding hydrogens is 576 g/mol. The van der Waals surface area contributed by atoms with Crippen LogP contribution in [0.15, 0.2) is 48.5 Å². The maximum atomic E-state index is 12.8. The first-order valence-corrected chi connectivity index (χ1v) is 14.0. The lowest BCUT2D eigenvalue weighted by atomic mass is 10.0. The summed E-state index contributed by atoms with van der Waals surface area (Å²) in [5.74, 6) is 0.814. The SMILES string of the molecule is CC(C)C[C@H](NC(=O)c1ccc(Oc2ccc(N(CCBr)CCBr)cc2)cc1)C(=O)OC(C)(C)C. The number of hydrogen-bond acceptors (Lipinski definition) is 5. The molecule has 0 spiro atoms. The molecule has 0 aliphatic rings. The predicted molar refractivity (Wildman–Crippen MR) is 149 cm³/mol. The van der Waals surface area contributed by atoms with Crippen molar-refractivity contribution in [3.05, 3.63) is 54.1 Å². The van der Waals surface area contributed by atoms with Gasteiger partial charge in [0.25, 0.3) is 5.91 Å². The summed E-state index contributed by atoms with van der Waals surface area (Å²) < 4.78 is 11.4. The second-order valence-corrected chi connectivity index (χ2v) is 11.3. The number of hydrogen-bond donors (Lipinski definition) is 1. The van der Waals surface area contributed by atoms with Gasteiger partial charge in [0.2, 0.25) is 0 Å². The molecule has 192 valence electrons. The lowest BCUT2D eigenvalue weighted by Gasteiger charge is -2.25. The highest BCUT2D eigenvalue weighted by atomic mass is 79.9. The smallest absolute Gasteiger partial charge is 0.329 e. The molecule has 0 aliphatic carbocycles. The Kier molecular flexibility index (Phi) is 11.6. The molecule has 0 saturated carbocycles. The van der Waals surface area contributed by atoms with E-state index < -0.39 is 17.6 Å². The van der Waals surface area contributed by atoms with Crippen molar-refractivity contribution in [2.45, 2.75) is 52.7 Å². The standard InChI is InChI=1S/C27H36Br2N2O4/c1-19(2)18-24(26(33)35-27(3,4)5)30-25(32)20-6-10-22(11-7-20)34-23-12-8-21(9-13-23)31(16-14-28)17-15-29/h6-13,19,24H,14-18H2,1-5H3,(H,30,32)/t24-/m0/s1. The summed E-state index contributed by atoms with van der Waals surface area (Å²) in [6.07, 6.45) is 0.501. The van der Waals surface area contributed by atoms with E-state index >= 15 is 0 Å². The second-order valence-electron chi connectivity index (χ2n) is 9.67. The zero-order chi connectivity index (χ0) is 26.0. The first-order valence-electron chi connectivity index (χ1n) is 11.8. The van der Waals surface area contributed by atoms with Gasteiger partial charge in [-0.1, -0.05) is 45.7 Å². The highest BCUT2D eigenvalue weighted by molar-refractivity contribution is 9.09. The van der Waals surface area contributed by atoms with Crippen LogP contribution in [0.5, 0.6) is 11.5 Å². The van der Waals surface area contributed by atoms with Gasteiger partial charge in [0.15, 0.2) is 0 Å². The van der Waals surface area contributed by atoms with E-state index in [4.69, 9.17) is 9.47 Å². The summed E-state index contributed by atoms with van der Waals surface area (Å²) >= 11 is 7.00. The maximum absolute atomic E-state index is 12.8. The number of esters is 1. The van der Waals surface area contributed by atoms with Crippen LogP contribution in [0.25, 0.3) is 0 Å². The molecule has 0 aliphatic heterocycles. The summed E-state index contributed by atoms with van der Waals surface area (Å²) in [6.45, 7) is 11.3. The lowest BCUT2D eigenvalue weighted by molar-refractivity contribution is -0.157. The Morgan fingerprint density at radius 1 is 0.914 bits per heavy atom. The fourth-order valence-electron chi connectivity index (χ4n) is 3.41. The molecule has 0 bridgehead atoms. The number of ether oxygens (including phenoxy) is 2. The Balaban J connectivity index is 2.03. The number of rotatable bonds is 12. The molecule has 0 heterocycles. The minimum Gasteiger partial charge on any atom is -0.458 e. The van der Waals surface area contributed by atoms with Crippen molar-refractivity contribution in [3.8, 4) is 11.5 Å². The average molecular weight is 612 g/mol.